The summed E-state index contributed by atoms with van der Waals surface area (Å²) in [7, 11) is 0. The maximum atomic E-state index is 10.9. The van der Waals surface area contributed by atoms with E-state index in [4.69, 9.17) is 22.1 Å². The molecule has 2 N–H and O–H groups in total. The van der Waals surface area contributed by atoms with Crippen molar-refractivity contribution in [1.29, 1.82) is 0 Å². The Morgan fingerprint density at radius 2 is 2.15 bits per heavy atom. The summed E-state index contributed by atoms with van der Waals surface area (Å²) in [5.74, 6) is 0.442. The van der Waals surface area contributed by atoms with Crippen LogP contribution < -0.4 is 10.5 Å². The number of nitrogens with two attached hydrogens (primary N) is 1. The molecule has 7 heteroatoms. The fourth-order valence-electron chi connectivity index (χ4n) is 1.57. The van der Waals surface area contributed by atoms with E-state index in [0.717, 1.165) is 0 Å². The molecular formula is C13H12ClN3O3. The van der Waals surface area contributed by atoms with Gasteiger partial charge in [0.2, 0.25) is 5.75 Å². The molecule has 2 rings (SSSR count). The van der Waals surface area contributed by atoms with E-state index in [-0.39, 0.29) is 17.5 Å². The summed E-state index contributed by atoms with van der Waals surface area (Å²) in [6, 6.07) is 7.28. The predicted molar refractivity (Wildman–Crippen MR) is 75.0 cm³/mol. The minimum atomic E-state index is -0.532. The number of pyridine rings is 1. The Morgan fingerprint density at radius 3 is 2.70 bits per heavy atom. The van der Waals surface area contributed by atoms with Crippen LogP contribution in [0, 0.1) is 10.1 Å². The number of nitrogens with zero attached hydrogens (tertiary/aromatic N) is 2. The molecule has 104 valence electrons. The highest BCUT2D eigenvalue weighted by atomic mass is 35.5. The van der Waals surface area contributed by atoms with Crippen LogP contribution in [0.4, 0.5) is 5.69 Å². The van der Waals surface area contributed by atoms with Gasteiger partial charge in [0.1, 0.15) is 5.75 Å². The summed E-state index contributed by atoms with van der Waals surface area (Å²) in [6.07, 6.45) is 1.46. The van der Waals surface area contributed by atoms with Crippen molar-refractivity contribution < 1.29 is 9.66 Å². The van der Waals surface area contributed by atoms with Gasteiger partial charge in [0, 0.05) is 23.2 Å². The molecule has 1 heterocycles. The van der Waals surface area contributed by atoms with Gasteiger partial charge in [-0.1, -0.05) is 11.6 Å². The molecule has 0 fully saturated rings. The third-order valence-electron chi connectivity index (χ3n) is 2.57. The topological polar surface area (TPSA) is 91.3 Å². The van der Waals surface area contributed by atoms with Gasteiger partial charge in [0.15, 0.2) is 0 Å². The van der Waals surface area contributed by atoms with E-state index < -0.39 is 4.92 Å². The molecule has 0 unspecified atom stereocenters. The smallest absolute Gasteiger partial charge is 0.311 e. The van der Waals surface area contributed by atoms with Crippen LogP contribution in [0.2, 0.25) is 5.02 Å². The first-order valence-corrected chi connectivity index (χ1v) is 6.18. The Hall–Kier alpha value is -2.18. The van der Waals surface area contributed by atoms with Gasteiger partial charge in [0.05, 0.1) is 16.8 Å². The quantitative estimate of drug-likeness (QED) is 0.688. The van der Waals surface area contributed by atoms with Crippen molar-refractivity contribution in [2.75, 3.05) is 0 Å². The normalized spacial score (nSPS) is 11.9. The summed E-state index contributed by atoms with van der Waals surface area (Å²) in [5.41, 5.74) is 6.23. The number of halogens is 1. The van der Waals surface area contributed by atoms with Crippen molar-refractivity contribution in [3.8, 4) is 11.5 Å². The van der Waals surface area contributed by atoms with Gasteiger partial charge in [-0.15, -0.1) is 0 Å². The van der Waals surface area contributed by atoms with Crippen LogP contribution in [-0.2, 0) is 0 Å². The van der Waals surface area contributed by atoms with Gasteiger partial charge < -0.3 is 10.5 Å². The summed E-state index contributed by atoms with van der Waals surface area (Å²) >= 11 is 5.82. The molecule has 0 aliphatic heterocycles. The molecule has 0 aliphatic rings. The molecule has 0 saturated carbocycles. The highest BCUT2D eigenvalue weighted by molar-refractivity contribution is 6.30. The minimum Gasteiger partial charge on any atom is -0.448 e. The van der Waals surface area contributed by atoms with Crippen molar-refractivity contribution in [3.63, 3.8) is 0 Å². The average Bonchev–Trinajstić information content (AvgIpc) is 2.39. The van der Waals surface area contributed by atoms with E-state index in [1.54, 1.807) is 12.1 Å². The van der Waals surface area contributed by atoms with Crippen LogP contribution >= 0.6 is 11.6 Å². The number of benzene rings is 1. The maximum Gasteiger partial charge on any atom is 0.311 e. The fraction of sp³-hybridized carbons (Fsp3) is 0.154. The van der Waals surface area contributed by atoms with Crippen molar-refractivity contribution >= 4 is 17.3 Å². The molecule has 2 aromatic rings. The molecule has 0 amide bonds. The Morgan fingerprint density at radius 1 is 1.40 bits per heavy atom. The number of rotatable bonds is 4. The predicted octanol–water partition coefficient (Wildman–Crippen LogP) is 3.46. The van der Waals surface area contributed by atoms with Gasteiger partial charge in [-0.05, 0) is 25.1 Å². The van der Waals surface area contributed by atoms with Gasteiger partial charge >= 0.3 is 5.69 Å². The first-order chi connectivity index (χ1) is 9.47. The number of ether oxygens (including phenoxy) is 1. The Bertz CT molecular complexity index is 629. The van der Waals surface area contributed by atoms with E-state index >= 15 is 0 Å². The maximum absolute atomic E-state index is 10.9. The Balaban J connectivity index is 2.29. The molecule has 0 radical (unpaired) electrons. The molecule has 0 bridgehead atoms. The van der Waals surface area contributed by atoms with Gasteiger partial charge in [0.25, 0.3) is 0 Å². The highest BCUT2D eigenvalue weighted by Gasteiger charge is 2.16. The SMILES string of the molecule is C[C@@H](N)c1ccc(Oc2cc(Cl)ccc2[N+](=O)[O-])cn1. The summed E-state index contributed by atoms with van der Waals surface area (Å²) < 4.78 is 5.46. The second-order valence-corrected chi connectivity index (χ2v) is 4.62. The lowest BCUT2D eigenvalue weighted by Crippen LogP contribution is -2.06. The molecule has 1 aromatic carbocycles. The van der Waals surface area contributed by atoms with Gasteiger partial charge in [-0.2, -0.15) is 0 Å². The molecule has 0 aliphatic carbocycles. The molecule has 1 aromatic heterocycles. The monoisotopic (exact) mass is 293 g/mol. The van der Waals surface area contributed by atoms with Crippen LogP contribution in [0.15, 0.2) is 36.5 Å². The third kappa shape index (κ3) is 3.23. The van der Waals surface area contributed by atoms with E-state index in [2.05, 4.69) is 4.98 Å². The molecule has 0 saturated heterocycles. The van der Waals surface area contributed by atoms with Crippen molar-refractivity contribution in [1.82, 2.24) is 4.98 Å². The molecule has 0 spiro atoms. The standard InChI is InChI=1S/C13H12ClN3O3/c1-8(15)11-4-3-10(7-16-11)20-13-6-9(14)2-5-12(13)17(18)19/h2-8H,15H2,1H3/t8-/m1/s1. The lowest BCUT2D eigenvalue weighted by Gasteiger charge is -2.08. The zero-order valence-corrected chi connectivity index (χ0v) is 11.4. The summed E-state index contributed by atoms with van der Waals surface area (Å²) in [5, 5.41) is 11.3. The molecular weight excluding hydrogens is 282 g/mol. The molecule has 6 nitrogen and oxygen atoms in total. The van der Waals surface area contributed by atoms with Crippen LogP contribution in [0.25, 0.3) is 0 Å². The van der Waals surface area contributed by atoms with Crippen LogP contribution in [0.3, 0.4) is 0 Å². The Labute approximate surface area is 120 Å². The van der Waals surface area contributed by atoms with Crippen LogP contribution in [-0.4, -0.2) is 9.91 Å². The van der Waals surface area contributed by atoms with Crippen molar-refractivity contribution in [2.45, 2.75) is 13.0 Å². The number of nitro groups is 1. The van der Waals surface area contributed by atoms with Crippen LogP contribution in [0.1, 0.15) is 18.7 Å². The molecule has 20 heavy (non-hydrogen) atoms. The highest BCUT2D eigenvalue weighted by Crippen LogP contribution is 2.33. The summed E-state index contributed by atoms with van der Waals surface area (Å²) in [6.45, 7) is 1.81. The van der Waals surface area contributed by atoms with Crippen LogP contribution in [0.5, 0.6) is 11.5 Å². The van der Waals surface area contributed by atoms with E-state index in [9.17, 15) is 10.1 Å². The second kappa shape index (κ2) is 5.85. The Kier molecular flexibility index (Phi) is 4.16. The zero-order chi connectivity index (χ0) is 14.7. The first-order valence-electron chi connectivity index (χ1n) is 5.80. The third-order valence-corrected chi connectivity index (χ3v) is 2.81. The zero-order valence-electron chi connectivity index (χ0n) is 10.6. The van der Waals surface area contributed by atoms with Gasteiger partial charge in [-0.25, -0.2) is 0 Å². The lowest BCUT2D eigenvalue weighted by molar-refractivity contribution is -0.385. The summed E-state index contributed by atoms with van der Waals surface area (Å²) in [4.78, 5) is 14.5. The van der Waals surface area contributed by atoms with E-state index in [0.29, 0.717) is 16.5 Å². The number of aromatic nitrogens is 1. The fourth-order valence-corrected chi connectivity index (χ4v) is 1.73. The van der Waals surface area contributed by atoms with Crippen molar-refractivity contribution in [3.05, 3.63) is 57.4 Å². The average molecular weight is 294 g/mol. The number of hydrogen-bond acceptors (Lipinski definition) is 5. The lowest BCUT2D eigenvalue weighted by atomic mass is 10.2. The number of nitro benzene ring substituents is 1. The largest absolute Gasteiger partial charge is 0.448 e. The minimum absolute atomic E-state index is 0.0675. The van der Waals surface area contributed by atoms with E-state index in [1.165, 1.54) is 24.4 Å². The van der Waals surface area contributed by atoms with Gasteiger partial charge in [-0.3, -0.25) is 15.1 Å². The second-order valence-electron chi connectivity index (χ2n) is 4.18. The molecule has 1 atom stereocenters. The van der Waals surface area contributed by atoms with E-state index in [1.807, 2.05) is 6.92 Å². The first kappa shape index (κ1) is 14.2. The van der Waals surface area contributed by atoms with Crippen molar-refractivity contribution in [2.24, 2.45) is 5.73 Å². The number of hydrogen-bond donors (Lipinski definition) is 1.